The van der Waals surface area contributed by atoms with Crippen LogP contribution in [0.4, 0.5) is 0 Å². The van der Waals surface area contributed by atoms with Gasteiger partial charge in [0.05, 0.1) is 0 Å². The Morgan fingerprint density at radius 2 is 2.06 bits per heavy atom. The SMILES string of the molecule is CC1CCCC2(C[C@H](N)c3ccccc3O2)C1C. The summed E-state index contributed by atoms with van der Waals surface area (Å²) in [7, 11) is 0. The molecule has 1 fully saturated rings. The normalized spacial score (nSPS) is 39.2. The number of hydrogen-bond acceptors (Lipinski definition) is 2. The van der Waals surface area contributed by atoms with Gasteiger partial charge in [-0.15, -0.1) is 0 Å². The molecule has 3 unspecified atom stereocenters. The van der Waals surface area contributed by atoms with E-state index in [1.54, 1.807) is 0 Å². The van der Waals surface area contributed by atoms with Gasteiger partial charge in [-0.1, -0.05) is 38.5 Å². The van der Waals surface area contributed by atoms with Gasteiger partial charge in [-0.25, -0.2) is 0 Å². The Morgan fingerprint density at radius 3 is 2.89 bits per heavy atom. The molecule has 0 aromatic heterocycles. The topological polar surface area (TPSA) is 35.2 Å². The first-order valence-electron chi connectivity index (χ1n) is 7.16. The molecule has 4 atom stereocenters. The van der Waals surface area contributed by atoms with Gasteiger partial charge in [0.1, 0.15) is 11.4 Å². The Balaban J connectivity index is 1.97. The number of fused-ring (bicyclic) bond motifs is 1. The molecule has 1 heterocycles. The second-order valence-electron chi connectivity index (χ2n) is 6.17. The molecule has 1 saturated carbocycles. The Morgan fingerprint density at radius 1 is 1.28 bits per heavy atom. The molecule has 2 aliphatic rings. The smallest absolute Gasteiger partial charge is 0.124 e. The van der Waals surface area contributed by atoms with Crippen molar-refractivity contribution in [3.05, 3.63) is 29.8 Å². The standard InChI is InChI=1S/C16H23NO/c1-11-6-5-9-16(12(11)2)10-14(17)13-7-3-4-8-15(13)18-16/h3-4,7-8,11-12,14H,5-6,9-10,17H2,1-2H3/t11?,12?,14-,16?/m0/s1. The van der Waals surface area contributed by atoms with Crippen LogP contribution in [-0.2, 0) is 0 Å². The van der Waals surface area contributed by atoms with Gasteiger partial charge in [-0.3, -0.25) is 0 Å². The summed E-state index contributed by atoms with van der Waals surface area (Å²) in [6.07, 6.45) is 4.71. The molecule has 3 rings (SSSR count). The van der Waals surface area contributed by atoms with Crippen LogP contribution in [0.25, 0.3) is 0 Å². The summed E-state index contributed by atoms with van der Waals surface area (Å²) in [5, 5.41) is 0. The number of para-hydroxylation sites is 1. The Hall–Kier alpha value is -1.02. The van der Waals surface area contributed by atoms with Gasteiger partial charge in [-0.05, 0) is 30.7 Å². The predicted molar refractivity (Wildman–Crippen MR) is 73.5 cm³/mol. The van der Waals surface area contributed by atoms with Crippen LogP contribution in [0.1, 0.15) is 51.1 Å². The highest BCUT2D eigenvalue weighted by Gasteiger charge is 2.47. The highest BCUT2D eigenvalue weighted by Crippen LogP contribution is 2.49. The van der Waals surface area contributed by atoms with Gasteiger partial charge >= 0.3 is 0 Å². The number of hydrogen-bond donors (Lipinski definition) is 1. The molecular weight excluding hydrogens is 222 g/mol. The van der Waals surface area contributed by atoms with E-state index in [9.17, 15) is 0 Å². The molecule has 2 heteroatoms. The van der Waals surface area contributed by atoms with Gasteiger partial charge in [0, 0.05) is 18.0 Å². The third kappa shape index (κ3) is 1.74. The number of nitrogens with two attached hydrogens (primary N) is 1. The summed E-state index contributed by atoms with van der Waals surface area (Å²) >= 11 is 0. The second-order valence-corrected chi connectivity index (χ2v) is 6.17. The van der Waals surface area contributed by atoms with E-state index < -0.39 is 0 Å². The van der Waals surface area contributed by atoms with E-state index in [2.05, 4.69) is 26.0 Å². The molecule has 1 aromatic carbocycles. The molecule has 0 saturated heterocycles. The fourth-order valence-electron chi connectivity index (χ4n) is 3.77. The van der Waals surface area contributed by atoms with Crippen molar-refractivity contribution < 1.29 is 4.74 Å². The highest BCUT2D eigenvalue weighted by molar-refractivity contribution is 5.39. The fourth-order valence-corrected chi connectivity index (χ4v) is 3.77. The minimum atomic E-state index is -0.0224. The summed E-state index contributed by atoms with van der Waals surface area (Å²) in [5.41, 5.74) is 7.53. The van der Waals surface area contributed by atoms with Crippen molar-refractivity contribution in [2.24, 2.45) is 17.6 Å². The van der Waals surface area contributed by atoms with Crippen LogP contribution in [0, 0.1) is 11.8 Å². The molecule has 0 bridgehead atoms. The minimum Gasteiger partial charge on any atom is -0.487 e. The first-order valence-corrected chi connectivity index (χ1v) is 7.16. The van der Waals surface area contributed by atoms with E-state index in [1.165, 1.54) is 18.4 Å². The Kier molecular flexibility index (Phi) is 2.86. The quantitative estimate of drug-likeness (QED) is 0.757. The highest BCUT2D eigenvalue weighted by atomic mass is 16.5. The number of ether oxygens (including phenoxy) is 1. The zero-order valence-electron chi connectivity index (χ0n) is 11.4. The molecule has 2 nitrogen and oxygen atoms in total. The summed E-state index contributed by atoms with van der Waals surface area (Å²) in [4.78, 5) is 0. The molecule has 0 radical (unpaired) electrons. The van der Waals surface area contributed by atoms with Gasteiger partial charge in [-0.2, -0.15) is 0 Å². The van der Waals surface area contributed by atoms with Crippen molar-refractivity contribution in [2.75, 3.05) is 0 Å². The maximum absolute atomic E-state index is 6.43. The molecule has 1 aliphatic heterocycles. The van der Waals surface area contributed by atoms with Gasteiger partial charge < -0.3 is 10.5 Å². The molecule has 98 valence electrons. The summed E-state index contributed by atoms with van der Waals surface area (Å²) in [6, 6.07) is 8.39. The minimum absolute atomic E-state index is 0.0224. The molecular formula is C16H23NO. The average Bonchev–Trinajstić information content (AvgIpc) is 2.36. The molecule has 1 aromatic rings. The van der Waals surface area contributed by atoms with Gasteiger partial charge in [0.15, 0.2) is 0 Å². The largest absolute Gasteiger partial charge is 0.487 e. The first kappa shape index (κ1) is 12.0. The van der Waals surface area contributed by atoms with Crippen molar-refractivity contribution in [3.8, 4) is 5.75 Å². The van der Waals surface area contributed by atoms with E-state index in [-0.39, 0.29) is 11.6 Å². The monoisotopic (exact) mass is 245 g/mol. The Bertz CT molecular complexity index is 444. The van der Waals surface area contributed by atoms with Gasteiger partial charge in [0.2, 0.25) is 0 Å². The molecule has 1 spiro atoms. The third-order valence-electron chi connectivity index (χ3n) is 5.14. The average molecular weight is 245 g/mol. The summed E-state index contributed by atoms with van der Waals surface area (Å²) in [6.45, 7) is 4.69. The van der Waals surface area contributed by atoms with E-state index in [0.29, 0.717) is 5.92 Å². The van der Waals surface area contributed by atoms with Crippen LogP contribution in [0.3, 0.4) is 0 Å². The van der Waals surface area contributed by atoms with Crippen LogP contribution >= 0.6 is 0 Å². The molecule has 18 heavy (non-hydrogen) atoms. The predicted octanol–water partition coefficient (Wildman–Crippen LogP) is 3.66. The van der Waals surface area contributed by atoms with Crippen LogP contribution in [0.15, 0.2) is 24.3 Å². The van der Waals surface area contributed by atoms with E-state index >= 15 is 0 Å². The fraction of sp³-hybridized carbons (Fsp3) is 0.625. The van der Waals surface area contributed by atoms with Gasteiger partial charge in [0.25, 0.3) is 0 Å². The lowest BCUT2D eigenvalue weighted by molar-refractivity contribution is -0.0614. The van der Waals surface area contributed by atoms with E-state index in [4.69, 9.17) is 10.5 Å². The number of benzene rings is 1. The van der Waals surface area contributed by atoms with E-state index in [1.807, 2.05) is 12.1 Å². The summed E-state index contributed by atoms with van der Waals surface area (Å²) < 4.78 is 6.43. The van der Waals surface area contributed by atoms with Crippen molar-refractivity contribution in [2.45, 2.75) is 51.2 Å². The first-order chi connectivity index (χ1) is 8.62. The maximum Gasteiger partial charge on any atom is 0.124 e. The lowest BCUT2D eigenvalue weighted by Gasteiger charge is -2.49. The summed E-state index contributed by atoms with van der Waals surface area (Å²) in [5.74, 6) is 2.33. The lowest BCUT2D eigenvalue weighted by atomic mass is 9.66. The molecule has 2 N–H and O–H groups in total. The zero-order valence-corrected chi connectivity index (χ0v) is 11.4. The zero-order chi connectivity index (χ0) is 12.8. The molecule has 1 aliphatic carbocycles. The van der Waals surface area contributed by atoms with Crippen LogP contribution in [0.5, 0.6) is 5.75 Å². The van der Waals surface area contributed by atoms with Crippen molar-refractivity contribution in [3.63, 3.8) is 0 Å². The van der Waals surface area contributed by atoms with Crippen LogP contribution in [0.2, 0.25) is 0 Å². The Labute approximate surface area is 110 Å². The van der Waals surface area contributed by atoms with Crippen LogP contribution in [-0.4, -0.2) is 5.60 Å². The van der Waals surface area contributed by atoms with E-state index in [0.717, 1.165) is 24.5 Å². The van der Waals surface area contributed by atoms with Crippen molar-refractivity contribution in [1.29, 1.82) is 0 Å². The lowest BCUT2D eigenvalue weighted by Crippen LogP contribution is -2.51. The molecule has 0 amide bonds. The van der Waals surface area contributed by atoms with Crippen molar-refractivity contribution >= 4 is 0 Å². The van der Waals surface area contributed by atoms with Crippen molar-refractivity contribution in [1.82, 2.24) is 0 Å². The number of rotatable bonds is 0. The van der Waals surface area contributed by atoms with Crippen LogP contribution < -0.4 is 10.5 Å². The third-order valence-corrected chi connectivity index (χ3v) is 5.14. The maximum atomic E-state index is 6.43. The second kappa shape index (κ2) is 4.27.